The van der Waals surface area contributed by atoms with Crippen molar-refractivity contribution in [1.29, 1.82) is 0 Å². The second-order valence-electron chi connectivity index (χ2n) is 3.96. The second kappa shape index (κ2) is 5.67. The molecule has 0 aromatic carbocycles. The van der Waals surface area contributed by atoms with Gasteiger partial charge in [0, 0.05) is 6.54 Å². The highest BCUT2D eigenvalue weighted by Gasteiger charge is 2.50. The van der Waals surface area contributed by atoms with E-state index in [1.165, 1.54) is 12.0 Å². The van der Waals surface area contributed by atoms with E-state index in [9.17, 15) is 10.1 Å². The molecule has 10 heteroatoms. The van der Waals surface area contributed by atoms with Crippen molar-refractivity contribution >= 4 is 40.3 Å². The first-order valence-corrected chi connectivity index (χ1v) is 6.42. The Labute approximate surface area is 126 Å². The van der Waals surface area contributed by atoms with Gasteiger partial charge in [-0.1, -0.05) is 24.4 Å². The van der Waals surface area contributed by atoms with Gasteiger partial charge in [-0.3, -0.25) is 10.1 Å². The summed E-state index contributed by atoms with van der Waals surface area (Å²) in [6.45, 7) is 3.64. The van der Waals surface area contributed by atoms with Gasteiger partial charge in [0.15, 0.2) is 0 Å². The number of allylic oxidation sites excluding steroid dienone is 1. The lowest BCUT2D eigenvalue weighted by molar-refractivity contribution is -0.419. The SMILES string of the molecule is CCN1C(C)=C([N+](=O)[O-])C(OC)=NC1(C(N)=S)C(N)=S. The molecular formula is C10H15N5O3S2. The number of hydrogen-bond acceptors (Lipinski definition) is 7. The van der Waals surface area contributed by atoms with Crippen molar-refractivity contribution in [3.8, 4) is 0 Å². The smallest absolute Gasteiger partial charge is 0.349 e. The molecule has 0 aromatic rings. The molecule has 0 amide bonds. The van der Waals surface area contributed by atoms with Gasteiger partial charge in [-0.05, 0) is 13.8 Å². The van der Waals surface area contributed by atoms with E-state index in [4.69, 9.17) is 40.6 Å². The van der Waals surface area contributed by atoms with Crippen LogP contribution < -0.4 is 11.5 Å². The zero-order chi connectivity index (χ0) is 15.7. The highest BCUT2D eigenvalue weighted by Crippen LogP contribution is 2.31. The number of hydrogen-bond donors (Lipinski definition) is 2. The second-order valence-corrected chi connectivity index (χ2v) is 4.84. The third-order valence-corrected chi connectivity index (χ3v) is 3.55. The zero-order valence-corrected chi connectivity index (χ0v) is 12.9. The number of thiocarbonyl (C=S) groups is 2. The van der Waals surface area contributed by atoms with Gasteiger partial charge < -0.3 is 21.1 Å². The van der Waals surface area contributed by atoms with Crippen LogP contribution in [0.25, 0.3) is 0 Å². The molecule has 0 unspecified atom stereocenters. The molecule has 20 heavy (non-hydrogen) atoms. The maximum atomic E-state index is 11.2. The molecular weight excluding hydrogens is 302 g/mol. The predicted molar refractivity (Wildman–Crippen MR) is 82.8 cm³/mol. The number of nitrogens with zero attached hydrogens (tertiary/aromatic N) is 3. The molecule has 1 aliphatic heterocycles. The molecule has 0 aliphatic carbocycles. The van der Waals surface area contributed by atoms with Gasteiger partial charge in [-0.25, -0.2) is 4.99 Å². The highest BCUT2D eigenvalue weighted by molar-refractivity contribution is 7.82. The first kappa shape index (κ1) is 16.2. The summed E-state index contributed by atoms with van der Waals surface area (Å²) in [4.78, 5) is 16.0. The van der Waals surface area contributed by atoms with Gasteiger partial charge in [-0.2, -0.15) is 0 Å². The number of nitro groups is 1. The fraction of sp³-hybridized carbons (Fsp3) is 0.500. The monoisotopic (exact) mass is 317 g/mol. The molecule has 110 valence electrons. The number of aliphatic imine (C=N–C) groups is 1. The highest BCUT2D eigenvalue weighted by atomic mass is 32.1. The maximum Gasteiger partial charge on any atom is 0.349 e. The first-order valence-electron chi connectivity index (χ1n) is 5.60. The van der Waals surface area contributed by atoms with Crippen molar-refractivity contribution < 1.29 is 9.66 Å². The number of rotatable bonds is 4. The molecule has 0 atom stereocenters. The molecule has 8 nitrogen and oxygen atoms in total. The normalized spacial score (nSPS) is 17.6. The van der Waals surface area contributed by atoms with Crippen LogP contribution in [0.1, 0.15) is 13.8 Å². The molecule has 0 fully saturated rings. The lowest BCUT2D eigenvalue weighted by atomic mass is 10.0. The fourth-order valence-corrected chi connectivity index (χ4v) is 2.70. The summed E-state index contributed by atoms with van der Waals surface area (Å²) in [5.74, 6) is -0.210. The summed E-state index contributed by atoms with van der Waals surface area (Å²) in [5, 5.41) is 11.2. The largest absolute Gasteiger partial charge is 0.476 e. The van der Waals surface area contributed by atoms with Crippen LogP contribution in [0.2, 0.25) is 0 Å². The van der Waals surface area contributed by atoms with E-state index >= 15 is 0 Å². The van der Waals surface area contributed by atoms with Gasteiger partial charge in [0.05, 0.1) is 17.7 Å². The number of likely N-dealkylation sites (N-methyl/N-ethyl adjacent to an activating group) is 1. The van der Waals surface area contributed by atoms with Crippen LogP contribution in [-0.2, 0) is 4.74 Å². The quantitative estimate of drug-likeness (QED) is 0.427. The minimum Gasteiger partial charge on any atom is -0.476 e. The molecule has 4 N–H and O–H groups in total. The molecule has 0 saturated heterocycles. The van der Waals surface area contributed by atoms with Crippen molar-refractivity contribution in [3.63, 3.8) is 0 Å². The van der Waals surface area contributed by atoms with Crippen LogP contribution in [0.3, 0.4) is 0 Å². The van der Waals surface area contributed by atoms with E-state index in [1.54, 1.807) is 13.8 Å². The number of nitrogens with two attached hydrogens (primary N) is 2. The van der Waals surface area contributed by atoms with E-state index in [2.05, 4.69) is 4.99 Å². The van der Waals surface area contributed by atoms with Crippen LogP contribution in [0, 0.1) is 10.1 Å². The van der Waals surface area contributed by atoms with E-state index in [1.807, 2.05) is 0 Å². The molecule has 0 radical (unpaired) electrons. The van der Waals surface area contributed by atoms with Crippen LogP contribution in [0.15, 0.2) is 16.4 Å². The molecule has 1 rings (SSSR count). The molecule has 0 bridgehead atoms. The third-order valence-electron chi connectivity index (χ3n) is 2.98. The van der Waals surface area contributed by atoms with Crippen molar-refractivity contribution in [3.05, 3.63) is 21.5 Å². The fourth-order valence-electron chi connectivity index (χ4n) is 2.10. The topological polar surface area (TPSA) is 120 Å². The summed E-state index contributed by atoms with van der Waals surface area (Å²) in [7, 11) is 1.26. The Morgan fingerprint density at radius 2 is 2.00 bits per heavy atom. The standard InChI is InChI=1S/C10H15N5O3S2/c1-4-14-5(2)6(15(16)17)7(18-3)13-10(14,8(11)19)9(12)20/h4H2,1-3H3,(H2,11,19)(H2,12,20). The van der Waals surface area contributed by atoms with Crippen LogP contribution in [-0.4, -0.2) is 45.0 Å². The minimum absolute atomic E-state index is 0.0943. The van der Waals surface area contributed by atoms with Gasteiger partial charge in [0.1, 0.15) is 9.98 Å². The Hall–Kier alpha value is -1.81. The van der Waals surface area contributed by atoms with Gasteiger partial charge >= 0.3 is 5.70 Å². The Kier molecular flexibility index (Phi) is 4.61. The van der Waals surface area contributed by atoms with E-state index in [0.717, 1.165) is 0 Å². The van der Waals surface area contributed by atoms with Gasteiger partial charge in [0.25, 0.3) is 5.90 Å². The summed E-state index contributed by atoms with van der Waals surface area (Å²) < 4.78 is 4.98. The van der Waals surface area contributed by atoms with Crippen molar-refractivity contribution in [2.45, 2.75) is 19.5 Å². The van der Waals surface area contributed by atoms with Crippen molar-refractivity contribution in [2.24, 2.45) is 16.5 Å². The summed E-state index contributed by atoms with van der Waals surface area (Å²) in [6.07, 6.45) is 0. The molecule has 1 aliphatic rings. The number of methoxy groups -OCH3 is 1. The molecule has 0 saturated carbocycles. The molecule has 0 spiro atoms. The van der Waals surface area contributed by atoms with Crippen molar-refractivity contribution in [2.75, 3.05) is 13.7 Å². The van der Waals surface area contributed by atoms with Gasteiger partial charge in [0.2, 0.25) is 5.66 Å². The first-order chi connectivity index (χ1) is 9.23. The Balaban J connectivity index is 3.68. The summed E-state index contributed by atoms with van der Waals surface area (Å²) >= 11 is 10.0. The Morgan fingerprint density at radius 1 is 1.50 bits per heavy atom. The van der Waals surface area contributed by atoms with Crippen molar-refractivity contribution in [1.82, 2.24) is 4.90 Å². The van der Waals surface area contributed by atoms with E-state index in [-0.39, 0.29) is 27.3 Å². The number of ether oxygens (including phenoxy) is 1. The Bertz CT molecular complexity index is 529. The average molecular weight is 317 g/mol. The van der Waals surface area contributed by atoms with Crippen LogP contribution in [0.5, 0.6) is 0 Å². The van der Waals surface area contributed by atoms with E-state index in [0.29, 0.717) is 6.54 Å². The summed E-state index contributed by atoms with van der Waals surface area (Å²) in [6, 6.07) is 0. The average Bonchev–Trinajstić information content (AvgIpc) is 2.35. The maximum absolute atomic E-state index is 11.2. The third kappa shape index (κ3) is 2.20. The Morgan fingerprint density at radius 3 is 2.30 bits per heavy atom. The zero-order valence-electron chi connectivity index (χ0n) is 11.2. The van der Waals surface area contributed by atoms with Crippen LogP contribution >= 0.6 is 24.4 Å². The van der Waals surface area contributed by atoms with Gasteiger partial charge in [-0.15, -0.1) is 0 Å². The molecule has 1 heterocycles. The van der Waals surface area contributed by atoms with Crippen LogP contribution in [0.4, 0.5) is 0 Å². The predicted octanol–water partition coefficient (Wildman–Crippen LogP) is 0.144. The summed E-state index contributed by atoms with van der Waals surface area (Å²) in [5.41, 5.74) is 10.00. The lowest BCUT2D eigenvalue weighted by Crippen LogP contribution is -2.64. The molecule has 0 aromatic heterocycles. The van der Waals surface area contributed by atoms with E-state index < -0.39 is 10.6 Å². The lowest BCUT2D eigenvalue weighted by Gasteiger charge is -2.42. The minimum atomic E-state index is -1.49.